The molecular weight excluding hydrogens is 280 g/mol. The lowest BCUT2D eigenvalue weighted by Gasteiger charge is -2.12. The van der Waals surface area contributed by atoms with Gasteiger partial charge in [-0.25, -0.2) is 0 Å². The Morgan fingerprint density at radius 2 is 2.00 bits per heavy atom. The zero-order valence-electron chi connectivity index (χ0n) is 11.2. The van der Waals surface area contributed by atoms with E-state index in [9.17, 15) is 15.2 Å². The highest BCUT2D eigenvalue weighted by Crippen LogP contribution is 2.17. The zero-order valence-corrected chi connectivity index (χ0v) is 12.0. The van der Waals surface area contributed by atoms with E-state index in [0.29, 0.717) is 12.1 Å². The molecule has 6 nitrogen and oxygen atoms in total. The quantitative estimate of drug-likeness (QED) is 0.343. The molecule has 1 aromatic carbocycles. The number of hydrogen-bond acceptors (Lipinski definition) is 6. The predicted molar refractivity (Wildman–Crippen MR) is 80.0 cm³/mol. The van der Waals surface area contributed by atoms with Crippen LogP contribution in [0.1, 0.15) is 18.1 Å². The van der Waals surface area contributed by atoms with Gasteiger partial charge in [0.25, 0.3) is 5.69 Å². The second kappa shape index (κ2) is 9.71. The number of non-ortho nitro benzene ring substituents is 1. The number of nitrogens with zero attached hydrogens (tertiary/aromatic N) is 1. The van der Waals surface area contributed by atoms with Crippen molar-refractivity contribution in [1.82, 2.24) is 5.32 Å². The van der Waals surface area contributed by atoms with Crippen molar-refractivity contribution in [3.8, 4) is 0 Å². The van der Waals surface area contributed by atoms with E-state index in [1.165, 1.54) is 12.1 Å². The number of nitro benzene ring substituents is 1. The number of thioether (sulfide) groups is 1. The van der Waals surface area contributed by atoms with E-state index < -0.39 is 11.0 Å². The molecule has 112 valence electrons. The van der Waals surface area contributed by atoms with Crippen molar-refractivity contribution in [2.24, 2.45) is 0 Å². The Kier molecular flexibility index (Phi) is 8.20. The minimum absolute atomic E-state index is 0.0224. The molecule has 0 saturated heterocycles. The van der Waals surface area contributed by atoms with Gasteiger partial charge in [0.1, 0.15) is 0 Å². The van der Waals surface area contributed by atoms with E-state index in [1.807, 2.05) is 0 Å². The third-order valence-corrected chi connectivity index (χ3v) is 3.77. The standard InChI is InChI=1S/C13H20N2O4S/c16-7-1-8-20-9-6-14-10-13(17)11-2-4-12(5-3-11)15(18)19/h2-5,13-14,16-17H,1,6-10H2. The molecule has 3 N–H and O–H groups in total. The van der Waals surface area contributed by atoms with Crippen molar-refractivity contribution in [1.29, 1.82) is 0 Å². The maximum atomic E-state index is 10.5. The van der Waals surface area contributed by atoms with Crippen LogP contribution in [0, 0.1) is 10.1 Å². The molecule has 0 aliphatic rings. The summed E-state index contributed by atoms with van der Waals surface area (Å²) in [4.78, 5) is 10.1. The highest BCUT2D eigenvalue weighted by molar-refractivity contribution is 7.99. The molecular formula is C13H20N2O4S. The molecule has 0 amide bonds. The maximum absolute atomic E-state index is 10.5. The van der Waals surface area contributed by atoms with Crippen molar-refractivity contribution >= 4 is 17.4 Å². The first-order chi connectivity index (χ1) is 9.65. The highest BCUT2D eigenvalue weighted by atomic mass is 32.2. The molecule has 20 heavy (non-hydrogen) atoms. The Bertz CT molecular complexity index is 400. The van der Waals surface area contributed by atoms with E-state index in [-0.39, 0.29) is 12.3 Å². The SMILES string of the molecule is O=[N+]([O-])c1ccc(C(O)CNCCSCCCO)cc1. The number of hydrogen-bond donors (Lipinski definition) is 3. The van der Waals surface area contributed by atoms with Gasteiger partial charge in [0, 0.05) is 37.6 Å². The Morgan fingerprint density at radius 3 is 2.60 bits per heavy atom. The largest absolute Gasteiger partial charge is 0.396 e. The molecule has 0 spiro atoms. The summed E-state index contributed by atoms with van der Waals surface area (Å²) < 4.78 is 0. The van der Waals surface area contributed by atoms with Gasteiger partial charge >= 0.3 is 0 Å². The van der Waals surface area contributed by atoms with E-state index >= 15 is 0 Å². The summed E-state index contributed by atoms with van der Waals surface area (Å²) in [6.45, 7) is 1.41. The average molecular weight is 300 g/mol. The molecule has 0 heterocycles. The summed E-state index contributed by atoms with van der Waals surface area (Å²) in [5.41, 5.74) is 0.685. The van der Waals surface area contributed by atoms with Crippen LogP contribution in [0.3, 0.4) is 0 Å². The Balaban J connectivity index is 2.22. The van der Waals surface area contributed by atoms with E-state index in [4.69, 9.17) is 5.11 Å². The van der Waals surface area contributed by atoms with E-state index in [1.54, 1.807) is 23.9 Å². The second-order valence-corrected chi connectivity index (χ2v) is 5.48. The van der Waals surface area contributed by atoms with Gasteiger partial charge in [-0.05, 0) is 29.9 Å². The fourth-order valence-corrected chi connectivity index (χ4v) is 2.41. The Morgan fingerprint density at radius 1 is 1.30 bits per heavy atom. The molecule has 1 atom stereocenters. The van der Waals surface area contributed by atoms with Gasteiger partial charge in [-0.1, -0.05) is 0 Å². The summed E-state index contributed by atoms with van der Waals surface area (Å²) in [6.07, 6.45) is 0.133. The molecule has 1 aromatic rings. The summed E-state index contributed by atoms with van der Waals surface area (Å²) >= 11 is 1.75. The molecule has 0 aromatic heterocycles. The van der Waals surface area contributed by atoms with Crippen LogP contribution in [-0.2, 0) is 0 Å². The van der Waals surface area contributed by atoms with Crippen LogP contribution in [0.5, 0.6) is 0 Å². The van der Waals surface area contributed by atoms with Crippen molar-refractivity contribution in [3.63, 3.8) is 0 Å². The first-order valence-corrected chi connectivity index (χ1v) is 7.62. The van der Waals surface area contributed by atoms with Gasteiger partial charge in [0.15, 0.2) is 0 Å². The number of nitrogens with one attached hydrogen (secondary N) is 1. The third-order valence-electron chi connectivity index (χ3n) is 2.70. The first-order valence-electron chi connectivity index (χ1n) is 6.47. The molecule has 0 fully saturated rings. The number of aliphatic hydroxyl groups is 2. The topological polar surface area (TPSA) is 95.6 Å². The number of aliphatic hydroxyl groups excluding tert-OH is 2. The highest BCUT2D eigenvalue weighted by Gasteiger charge is 2.09. The number of rotatable bonds is 10. The summed E-state index contributed by atoms with van der Waals surface area (Å²) in [6, 6.07) is 5.92. The second-order valence-electron chi connectivity index (χ2n) is 4.26. The number of nitro groups is 1. The predicted octanol–water partition coefficient (Wildman–Crippen LogP) is 1.33. The van der Waals surface area contributed by atoms with Crippen LogP contribution >= 0.6 is 11.8 Å². The van der Waals surface area contributed by atoms with Crippen LogP contribution in [0.2, 0.25) is 0 Å². The lowest BCUT2D eigenvalue weighted by molar-refractivity contribution is -0.384. The van der Waals surface area contributed by atoms with Crippen LogP contribution in [0.15, 0.2) is 24.3 Å². The molecule has 1 rings (SSSR count). The van der Waals surface area contributed by atoms with Gasteiger partial charge in [-0.15, -0.1) is 0 Å². The molecule has 7 heteroatoms. The first kappa shape index (κ1) is 16.9. The number of benzene rings is 1. The Labute approximate surface area is 122 Å². The molecule has 0 bridgehead atoms. The molecule has 0 aliphatic heterocycles. The monoisotopic (exact) mass is 300 g/mol. The Hall–Kier alpha value is -1.15. The smallest absolute Gasteiger partial charge is 0.269 e. The van der Waals surface area contributed by atoms with Crippen molar-refractivity contribution in [2.45, 2.75) is 12.5 Å². The summed E-state index contributed by atoms with van der Waals surface area (Å²) in [5, 5.41) is 32.2. The normalized spacial score (nSPS) is 12.3. The molecule has 1 unspecified atom stereocenters. The molecule has 0 radical (unpaired) electrons. The lowest BCUT2D eigenvalue weighted by Crippen LogP contribution is -2.23. The minimum Gasteiger partial charge on any atom is -0.396 e. The van der Waals surface area contributed by atoms with Gasteiger partial charge in [-0.3, -0.25) is 10.1 Å². The van der Waals surface area contributed by atoms with Gasteiger partial charge in [-0.2, -0.15) is 11.8 Å². The molecule has 0 saturated carbocycles. The van der Waals surface area contributed by atoms with Crippen molar-refractivity contribution in [2.75, 3.05) is 31.2 Å². The van der Waals surface area contributed by atoms with Crippen LogP contribution < -0.4 is 5.32 Å². The fourth-order valence-electron chi connectivity index (χ4n) is 1.59. The summed E-state index contributed by atoms with van der Waals surface area (Å²) in [5.74, 6) is 1.86. The van der Waals surface area contributed by atoms with E-state index in [0.717, 1.165) is 24.5 Å². The molecule has 0 aliphatic carbocycles. The van der Waals surface area contributed by atoms with Gasteiger partial charge in [0.05, 0.1) is 11.0 Å². The van der Waals surface area contributed by atoms with Crippen LogP contribution in [0.25, 0.3) is 0 Å². The van der Waals surface area contributed by atoms with Crippen molar-refractivity contribution < 1.29 is 15.1 Å². The van der Waals surface area contributed by atoms with Crippen LogP contribution in [0.4, 0.5) is 5.69 Å². The lowest BCUT2D eigenvalue weighted by atomic mass is 10.1. The van der Waals surface area contributed by atoms with Crippen LogP contribution in [-0.4, -0.2) is 46.3 Å². The van der Waals surface area contributed by atoms with Crippen molar-refractivity contribution in [3.05, 3.63) is 39.9 Å². The average Bonchev–Trinajstić information content (AvgIpc) is 2.46. The maximum Gasteiger partial charge on any atom is 0.269 e. The minimum atomic E-state index is -0.668. The van der Waals surface area contributed by atoms with Gasteiger partial charge < -0.3 is 15.5 Å². The fraction of sp³-hybridized carbons (Fsp3) is 0.538. The van der Waals surface area contributed by atoms with E-state index in [2.05, 4.69) is 5.32 Å². The van der Waals surface area contributed by atoms with Gasteiger partial charge in [0.2, 0.25) is 0 Å². The summed E-state index contributed by atoms with van der Waals surface area (Å²) in [7, 11) is 0. The zero-order chi connectivity index (χ0) is 14.8. The third kappa shape index (κ3) is 6.33.